The van der Waals surface area contributed by atoms with Gasteiger partial charge in [0.25, 0.3) is 0 Å². The molecule has 2 N–H and O–H groups in total. The van der Waals surface area contributed by atoms with Gasteiger partial charge in [-0.2, -0.15) is 5.10 Å². The van der Waals surface area contributed by atoms with Crippen LogP contribution in [-0.4, -0.2) is 15.2 Å². The number of rotatable bonds is 1. The van der Waals surface area contributed by atoms with E-state index < -0.39 is 11.6 Å². The van der Waals surface area contributed by atoms with Gasteiger partial charge in [0.1, 0.15) is 5.82 Å². The van der Waals surface area contributed by atoms with Crippen LogP contribution < -0.4 is 0 Å². The van der Waals surface area contributed by atoms with E-state index >= 15 is 0 Å². The molecule has 5 heteroatoms. The number of aromatic nitrogens is 3. The van der Waals surface area contributed by atoms with Crippen molar-refractivity contribution in [2.45, 2.75) is 0 Å². The van der Waals surface area contributed by atoms with E-state index in [0.717, 1.165) is 0 Å². The van der Waals surface area contributed by atoms with Gasteiger partial charge < -0.3 is 4.98 Å². The normalized spacial score (nSPS) is 11.1. The Hall–Kier alpha value is -2.17. The average Bonchev–Trinajstić information content (AvgIpc) is 2.87. The molecule has 2 aromatic heterocycles. The van der Waals surface area contributed by atoms with E-state index in [4.69, 9.17) is 0 Å². The molecule has 3 rings (SSSR count). The fraction of sp³-hybridized carbons (Fsp3) is 0. The lowest BCUT2D eigenvalue weighted by Crippen LogP contribution is -1.92. The summed E-state index contributed by atoms with van der Waals surface area (Å²) >= 11 is 0. The quantitative estimate of drug-likeness (QED) is 0.649. The third kappa shape index (κ3) is 1.14. The maximum absolute atomic E-state index is 14.0. The zero-order valence-corrected chi connectivity index (χ0v) is 8.09. The van der Waals surface area contributed by atoms with Crippen molar-refractivity contribution in [1.82, 2.24) is 15.2 Å². The second kappa shape index (κ2) is 3.16. The van der Waals surface area contributed by atoms with Gasteiger partial charge in [0.2, 0.25) is 0 Å². The molecule has 0 aliphatic rings. The Kier molecular flexibility index (Phi) is 1.80. The molecule has 0 spiro atoms. The number of H-pyrrole nitrogens is 2. The van der Waals surface area contributed by atoms with Gasteiger partial charge >= 0.3 is 0 Å². The van der Waals surface area contributed by atoms with Crippen molar-refractivity contribution in [3.05, 3.63) is 42.2 Å². The summed E-state index contributed by atoms with van der Waals surface area (Å²) in [4.78, 5) is 2.74. The number of nitrogens with zero attached hydrogens (tertiary/aromatic N) is 1. The van der Waals surface area contributed by atoms with E-state index in [1.807, 2.05) is 0 Å². The zero-order chi connectivity index (χ0) is 11.1. The van der Waals surface area contributed by atoms with Crippen molar-refractivity contribution < 1.29 is 8.78 Å². The molecular formula is C11H7F2N3. The molecule has 2 heterocycles. The highest BCUT2D eigenvalue weighted by molar-refractivity contribution is 5.85. The lowest BCUT2D eigenvalue weighted by atomic mass is 10.1. The Bertz CT molecular complexity index is 641. The van der Waals surface area contributed by atoms with Crippen LogP contribution in [0.25, 0.3) is 22.2 Å². The zero-order valence-electron chi connectivity index (χ0n) is 8.09. The van der Waals surface area contributed by atoms with Crippen LogP contribution in [0.3, 0.4) is 0 Å². The molecule has 0 aliphatic heterocycles. The van der Waals surface area contributed by atoms with Crippen LogP contribution in [0, 0.1) is 11.6 Å². The summed E-state index contributed by atoms with van der Waals surface area (Å²) in [6, 6.07) is 4.44. The van der Waals surface area contributed by atoms with Crippen molar-refractivity contribution in [3.8, 4) is 11.3 Å². The Labute approximate surface area is 89.1 Å². The Morgan fingerprint density at radius 3 is 2.81 bits per heavy atom. The van der Waals surface area contributed by atoms with E-state index in [-0.39, 0.29) is 5.56 Å². The van der Waals surface area contributed by atoms with Gasteiger partial charge in [-0.05, 0) is 18.2 Å². The minimum absolute atomic E-state index is 0.0903. The molecule has 3 aromatic rings. The van der Waals surface area contributed by atoms with Crippen LogP contribution in [0.15, 0.2) is 30.6 Å². The van der Waals surface area contributed by atoms with Gasteiger partial charge in [-0.25, -0.2) is 8.78 Å². The highest BCUT2D eigenvalue weighted by atomic mass is 19.1. The SMILES string of the molecule is Fc1cc2cc[nH]c2c(F)c1-c1ccn[nH]1. The first-order valence-electron chi connectivity index (χ1n) is 4.72. The summed E-state index contributed by atoms with van der Waals surface area (Å²) in [5, 5.41) is 6.74. The summed E-state index contributed by atoms with van der Waals surface area (Å²) in [5.41, 5.74) is 0.532. The highest BCUT2D eigenvalue weighted by Gasteiger charge is 2.16. The summed E-state index contributed by atoms with van der Waals surface area (Å²) in [6.45, 7) is 0. The molecule has 80 valence electrons. The maximum atomic E-state index is 14.0. The molecule has 0 bridgehead atoms. The summed E-state index contributed by atoms with van der Waals surface area (Å²) in [7, 11) is 0. The van der Waals surface area contributed by atoms with Gasteiger partial charge in [-0.15, -0.1) is 0 Å². The summed E-state index contributed by atoms with van der Waals surface area (Å²) in [5.74, 6) is -1.21. The Morgan fingerprint density at radius 1 is 1.19 bits per heavy atom. The van der Waals surface area contributed by atoms with Gasteiger partial charge in [-0.1, -0.05) is 0 Å². The maximum Gasteiger partial charge on any atom is 0.159 e. The summed E-state index contributed by atoms with van der Waals surface area (Å²) in [6.07, 6.45) is 3.02. The molecule has 0 amide bonds. The molecule has 16 heavy (non-hydrogen) atoms. The van der Waals surface area contributed by atoms with Crippen LogP contribution in [0.1, 0.15) is 0 Å². The fourth-order valence-corrected chi connectivity index (χ4v) is 1.77. The second-order valence-corrected chi connectivity index (χ2v) is 3.46. The molecule has 3 nitrogen and oxygen atoms in total. The first kappa shape index (κ1) is 9.08. The van der Waals surface area contributed by atoms with Crippen molar-refractivity contribution in [1.29, 1.82) is 0 Å². The monoisotopic (exact) mass is 219 g/mol. The first-order valence-corrected chi connectivity index (χ1v) is 4.72. The smallest absolute Gasteiger partial charge is 0.159 e. The molecule has 0 radical (unpaired) electrons. The number of hydrogen-bond donors (Lipinski definition) is 2. The Morgan fingerprint density at radius 2 is 2.06 bits per heavy atom. The number of aromatic amines is 2. The topological polar surface area (TPSA) is 44.5 Å². The van der Waals surface area contributed by atoms with Gasteiger partial charge in [0, 0.05) is 17.8 Å². The number of fused-ring (bicyclic) bond motifs is 1. The van der Waals surface area contributed by atoms with Crippen LogP contribution in [0.2, 0.25) is 0 Å². The van der Waals surface area contributed by atoms with E-state index in [9.17, 15) is 8.78 Å². The van der Waals surface area contributed by atoms with Crippen molar-refractivity contribution in [3.63, 3.8) is 0 Å². The Balaban J connectivity index is 2.39. The molecule has 0 fully saturated rings. The van der Waals surface area contributed by atoms with Crippen molar-refractivity contribution >= 4 is 10.9 Å². The average molecular weight is 219 g/mol. The van der Waals surface area contributed by atoms with Crippen molar-refractivity contribution in [2.24, 2.45) is 0 Å². The fourth-order valence-electron chi connectivity index (χ4n) is 1.77. The van der Waals surface area contributed by atoms with E-state index in [0.29, 0.717) is 16.6 Å². The lowest BCUT2D eigenvalue weighted by molar-refractivity contribution is 0.596. The number of benzene rings is 1. The predicted molar refractivity (Wildman–Crippen MR) is 55.8 cm³/mol. The summed E-state index contributed by atoms with van der Waals surface area (Å²) < 4.78 is 27.7. The van der Waals surface area contributed by atoms with Gasteiger partial charge in [0.15, 0.2) is 5.82 Å². The number of halogens is 2. The van der Waals surface area contributed by atoms with E-state index in [1.165, 1.54) is 18.3 Å². The lowest BCUT2D eigenvalue weighted by Gasteiger charge is -2.03. The van der Waals surface area contributed by atoms with Crippen LogP contribution in [0.4, 0.5) is 8.78 Å². The highest BCUT2D eigenvalue weighted by Crippen LogP contribution is 2.29. The van der Waals surface area contributed by atoms with E-state index in [1.54, 1.807) is 12.3 Å². The molecule has 0 aliphatic carbocycles. The standard InChI is InChI=1S/C11H7F2N3/c12-7-5-6-1-3-14-11(6)10(13)9(7)8-2-4-15-16-8/h1-5,14H,(H,15,16). The van der Waals surface area contributed by atoms with Crippen LogP contribution in [-0.2, 0) is 0 Å². The molecule has 0 atom stereocenters. The molecular weight excluding hydrogens is 212 g/mol. The minimum atomic E-state index is -0.607. The first-order chi connectivity index (χ1) is 7.77. The third-order valence-electron chi connectivity index (χ3n) is 2.51. The predicted octanol–water partition coefficient (Wildman–Crippen LogP) is 2.84. The second-order valence-electron chi connectivity index (χ2n) is 3.46. The van der Waals surface area contributed by atoms with Gasteiger partial charge in [-0.3, -0.25) is 5.10 Å². The number of nitrogens with one attached hydrogen (secondary N) is 2. The van der Waals surface area contributed by atoms with Crippen molar-refractivity contribution in [2.75, 3.05) is 0 Å². The molecule has 0 saturated carbocycles. The minimum Gasteiger partial charge on any atom is -0.359 e. The largest absolute Gasteiger partial charge is 0.359 e. The van der Waals surface area contributed by atoms with Crippen LogP contribution >= 0.6 is 0 Å². The van der Waals surface area contributed by atoms with E-state index in [2.05, 4.69) is 15.2 Å². The molecule has 1 aromatic carbocycles. The molecule has 0 unspecified atom stereocenters. The number of hydrogen-bond acceptors (Lipinski definition) is 1. The van der Waals surface area contributed by atoms with Crippen LogP contribution in [0.5, 0.6) is 0 Å². The van der Waals surface area contributed by atoms with Gasteiger partial charge in [0.05, 0.1) is 16.8 Å². The third-order valence-corrected chi connectivity index (χ3v) is 2.51. The molecule has 0 saturated heterocycles.